The molecule has 2 rings (SSSR count). The van der Waals surface area contributed by atoms with E-state index < -0.39 is 0 Å². The van der Waals surface area contributed by atoms with Crippen molar-refractivity contribution in [2.75, 3.05) is 39.3 Å². The standard InChI is InChI=1S/C9H17N3O2/c13-8-1-3-11(7-8)5-6-12-4-2-10-9(12)14/h8,13H,1-7H2,(H,10,14)/t8-/m1/s1. The van der Waals surface area contributed by atoms with Gasteiger partial charge < -0.3 is 15.3 Å². The first-order chi connectivity index (χ1) is 6.75. The lowest BCUT2D eigenvalue weighted by Crippen LogP contribution is -2.36. The summed E-state index contributed by atoms with van der Waals surface area (Å²) in [5.74, 6) is 0. The van der Waals surface area contributed by atoms with Gasteiger partial charge in [-0.15, -0.1) is 0 Å². The number of aliphatic hydroxyl groups is 1. The molecule has 0 aliphatic carbocycles. The second-order valence-corrected chi connectivity index (χ2v) is 3.96. The highest BCUT2D eigenvalue weighted by molar-refractivity contribution is 5.76. The predicted octanol–water partition coefficient (Wildman–Crippen LogP) is -0.922. The van der Waals surface area contributed by atoms with Gasteiger partial charge in [-0.05, 0) is 6.42 Å². The van der Waals surface area contributed by atoms with Crippen molar-refractivity contribution in [3.63, 3.8) is 0 Å². The van der Waals surface area contributed by atoms with Gasteiger partial charge in [0.15, 0.2) is 0 Å². The van der Waals surface area contributed by atoms with E-state index in [0.29, 0.717) is 0 Å². The summed E-state index contributed by atoms with van der Waals surface area (Å²) < 4.78 is 0. The minimum absolute atomic E-state index is 0.0461. The van der Waals surface area contributed by atoms with E-state index in [0.717, 1.165) is 45.7 Å². The lowest BCUT2D eigenvalue weighted by molar-refractivity contribution is 0.171. The normalized spacial score (nSPS) is 28.5. The van der Waals surface area contributed by atoms with Crippen LogP contribution in [0.15, 0.2) is 0 Å². The Kier molecular flexibility index (Phi) is 2.88. The van der Waals surface area contributed by atoms with Crippen molar-refractivity contribution in [3.05, 3.63) is 0 Å². The molecule has 14 heavy (non-hydrogen) atoms. The second-order valence-electron chi connectivity index (χ2n) is 3.96. The lowest BCUT2D eigenvalue weighted by Gasteiger charge is -2.19. The van der Waals surface area contributed by atoms with Crippen LogP contribution < -0.4 is 5.32 Å². The number of carbonyl (C=O) groups is 1. The Morgan fingerprint density at radius 2 is 2.29 bits per heavy atom. The number of carbonyl (C=O) groups excluding carboxylic acids is 1. The van der Waals surface area contributed by atoms with Crippen LogP contribution in [0.5, 0.6) is 0 Å². The molecule has 0 radical (unpaired) electrons. The first kappa shape index (κ1) is 9.73. The molecule has 0 unspecified atom stereocenters. The number of hydrogen-bond donors (Lipinski definition) is 2. The van der Waals surface area contributed by atoms with Gasteiger partial charge in [0.25, 0.3) is 0 Å². The molecule has 0 aromatic rings. The zero-order valence-electron chi connectivity index (χ0n) is 8.28. The SMILES string of the molecule is O=C1NCCN1CCN1CC[C@@H](O)C1. The lowest BCUT2D eigenvalue weighted by atomic mass is 10.3. The van der Waals surface area contributed by atoms with Gasteiger partial charge in [0, 0.05) is 39.3 Å². The number of hydrogen-bond acceptors (Lipinski definition) is 3. The summed E-state index contributed by atoms with van der Waals surface area (Å²) in [4.78, 5) is 15.2. The van der Waals surface area contributed by atoms with Crippen LogP contribution in [-0.4, -0.2) is 66.3 Å². The quantitative estimate of drug-likeness (QED) is 0.618. The average Bonchev–Trinajstić information content (AvgIpc) is 2.72. The maximum Gasteiger partial charge on any atom is 0.317 e. The van der Waals surface area contributed by atoms with Crippen LogP contribution in [-0.2, 0) is 0 Å². The minimum Gasteiger partial charge on any atom is -0.392 e. The molecule has 0 aromatic heterocycles. The zero-order valence-corrected chi connectivity index (χ0v) is 8.28. The number of amides is 2. The Balaban J connectivity index is 1.69. The predicted molar refractivity (Wildman–Crippen MR) is 52.0 cm³/mol. The number of nitrogens with one attached hydrogen (secondary N) is 1. The fourth-order valence-electron chi connectivity index (χ4n) is 2.00. The zero-order chi connectivity index (χ0) is 9.97. The van der Waals surface area contributed by atoms with E-state index in [1.807, 2.05) is 4.90 Å². The summed E-state index contributed by atoms with van der Waals surface area (Å²) >= 11 is 0. The van der Waals surface area contributed by atoms with Crippen molar-refractivity contribution in [1.29, 1.82) is 0 Å². The number of likely N-dealkylation sites (tertiary alicyclic amines) is 1. The molecular weight excluding hydrogens is 182 g/mol. The molecular formula is C9H17N3O2. The average molecular weight is 199 g/mol. The summed E-state index contributed by atoms with van der Waals surface area (Å²) in [5.41, 5.74) is 0. The molecule has 5 heteroatoms. The molecule has 2 N–H and O–H groups in total. The summed E-state index contributed by atoms with van der Waals surface area (Å²) in [5, 5.41) is 12.1. The van der Waals surface area contributed by atoms with Crippen LogP contribution in [0.25, 0.3) is 0 Å². The van der Waals surface area contributed by atoms with Gasteiger partial charge in [-0.3, -0.25) is 4.90 Å². The van der Waals surface area contributed by atoms with Crippen molar-refractivity contribution in [1.82, 2.24) is 15.1 Å². The molecule has 5 nitrogen and oxygen atoms in total. The van der Waals surface area contributed by atoms with E-state index in [-0.39, 0.29) is 12.1 Å². The van der Waals surface area contributed by atoms with E-state index in [1.54, 1.807) is 0 Å². The van der Waals surface area contributed by atoms with Gasteiger partial charge in [0.2, 0.25) is 0 Å². The summed E-state index contributed by atoms with van der Waals surface area (Å²) in [6.07, 6.45) is 0.703. The maximum atomic E-state index is 11.2. The third kappa shape index (κ3) is 2.16. The van der Waals surface area contributed by atoms with Gasteiger partial charge in [-0.1, -0.05) is 0 Å². The number of β-amino-alcohol motifs (C(OH)–C–C–N with tert-alkyl or cyclic N) is 1. The molecule has 80 valence electrons. The topological polar surface area (TPSA) is 55.8 Å². The van der Waals surface area contributed by atoms with Gasteiger partial charge in [0.1, 0.15) is 0 Å². The number of aliphatic hydroxyl groups excluding tert-OH is 1. The summed E-state index contributed by atoms with van der Waals surface area (Å²) in [6.45, 7) is 4.95. The highest BCUT2D eigenvalue weighted by Crippen LogP contribution is 2.08. The molecule has 0 bridgehead atoms. The Hall–Kier alpha value is -0.810. The first-order valence-corrected chi connectivity index (χ1v) is 5.19. The second kappa shape index (κ2) is 4.14. The fourth-order valence-corrected chi connectivity index (χ4v) is 2.00. The Morgan fingerprint density at radius 3 is 2.86 bits per heavy atom. The van der Waals surface area contributed by atoms with Crippen LogP contribution in [0.3, 0.4) is 0 Å². The van der Waals surface area contributed by atoms with Crippen LogP contribution in [0.1, 0.15) is 6.42 Å². The third-order valence-corrected chi connectivity index (χ3v) is 2.88. The van der Waals surface area contributed by atoms with Crippen molar-refractivity contribution in [2.24, 2.45) is 0 Å². The Morgan fingerprint density at radius 1 is 1.43 bits per heavy atom. The largest absolute Gasteiger partial charge is 0.392 e. The number of nitrogens with zero attached hydrogens (tertiary/aromatic N) is 2. The summed E-state index contributed by atoms with van der Waals surface area (Å²) in [7, 11) is 0. The maximum absolute atomic E-state index is 11.2. The molecule has 0 spiro atoms. The van der Waals surface area contributed by atoms with Gasteiger partial charge >= 0.3 is 6.03 Å². The van der Waals surface area contributed by atoms with Crippen LogP contribution in [0, 0.1) is 0 Å². The summed E-state index contributed by atoms with van der Waals surface area (Å²) in [6, 6.07) is 0.0461. The molecule has 2 amide bonds. The van der Waals surface area contributed by atoms with Gasteiger partial charge in [0.05, 0.1) is 6.10 Å². The van der Waals surface area contributed by atoms with Crippen molar-refractivity contribution in [3.8, 4) is 0 Å². The number of rotatable bonds is 3. The fraction of sp³-hybridized carbons (Fsp3) is 0.889. The van der Waals surface area contributed by atoms with E-state index in [4.69, 9.17) is 0 Å². The van der Waals surface area contributed by atoms with E-state index in [2.05, 4.69) is 10.2 Å². The number of urea groups is 1. The van der Waals surface area contributed by atoms with E-state index in [9.17, 15) is 9.90 Å². The molecule has 0 saturated carbocycles. The molecule has 2 heterocycles. The van der Waals surface area contributed by atoms with Crippen LogP contribution in [0.2, 0.25) is 0 Å². The van der Waals surface area contributed by atoms with Crippen molar-refractivity contribution >= 4 is 6.03 Å². The highest BCUT2D eigenvalue weighted by Gasteiger charge is 2.23. The van der Waals surface area contributed by atoms with E-state index >= 15 is 0 Å². The monoisotopic (exact) mass is 199 g/mol. The minimum atomic E-state index is -0.164. The molecule has 1 atom stereocenters. The Bertz CT molecular complexity index is 222. The van der Waals surface area contributed by atoms with Crippen LogP contribution in [0.4, 0.5) is 4.79 Å². The third-order valence-electron chi connectivity index (χ3n) is 2.88. The highest BCUT2D eigenvalue weighted by atomic mass is 16.3. The van der Waals surface area contributed by atoms with Crippen LogP contribution >= 0.6 is 0 Å². The van der Waals surface area contributed by atoms with Crippen molar-refractivity contribution < 1.29 is 9.90 Å². The Labute approximate surface area is 83.7 Å². The molecule has 2 aliphatic rings. The van der Waals surface area contributed by atoms with E-state index in [1.165, 1.54) is 0 Å². The van der Waals surface area contributed by atoms with Gasteiger partial charge in [-0.25, -0.2) is 4.79 Å². The van der Waals surface area contributed by atoms with Gasteiger partial charge in [-0.2, -0.15) is 0 Å². The molecule has 2 aliphatic heterocycles. The van der Waals surface area contributed by atoms with Crippen molar-refractivity contribution in [2.45, 2.75) is 12.5 Å². The molecule has 0 aromatic carbocycles. The first-order valence-electron chi connectivity index (χ1n) is 5.19. The molecule has 2 fully saturated rings. The smallest absolute Gasteiger partial charge is 0.317 e. The molecule has 2 saturated heterocycles.